The average Bonchev–Trinajstić information content (AvgIpc) is 2.85. The predicted molar refractivity (Wildman–Crippen MR) is 86.5 cm³/mol. The third-order valence-electron chi connectivity index (χ3n) is 3.47. The quantitative estimate of drug-likeness (QED) is 0.815. The van der Waals surface area contributed by atoms with Crippen LogP contribution in [0.4, 0.5) is 4.79 Å². The van der Waals surface area contributed by atoms with Crippen LogP contribution < -0.4 is 10.6 Å². The van der Waals surface area contributed by atoms with Crippen molar-refractivity contribution in [3.05, 3.63) is 34.9 Å². The number of fused-ring (bicyclic) bond motifs is 1. The fourth-order valence-corrected chi connectivity index (χ4v) is 2.43. The molecule has 0 radical (unpaired) electrons. The normalized spacial score (nSPS) is 14.4. The van der Waals surface area contributed by atoms with Gasteiger partial charge in [0, 0.05) is 18.5 Å². The number of esters is 1. The van der Waals surface area contributed by atoms with Crippen molar-refractivity contribution in [2.45, 2.75) is 45.4 Å². The van der Waals surface area contributed by atoms with Crippen LogP contribution in [0.15, 0.2) is 18.2 Å². The zero-order valence-electron chi connectivity index (χ0n) is 14.3. The molecule has 24 heavy (non-hydrogen) atoms. The van der Waals surface area contributed by atoms with Gasteiger partial charge in [-0.2, -0.15) is 0 Å². The smallest absolute Gasteiger partial charge is 0.408 e. The monoisotopic (exact) mass is 334 g/mol. The molecular weight excluding hydrogens is 312 g/mol. The second kappa shape index (κ2) is 6.90. The lowest BCUT2D eigenvalue weighted by molar-refractivity contribution is -0.143. The van der Waals surface area contributed by atoms with Gasteiger partial charge in [-0.05, 0) is 38.0 Å². The summed E-state index contributed by atoms with van der Waals surface area (Å²) < 4.78 is 9.93. The van der Waals surface area contributed by atoms with Crippen molar-refractivity contribution < 1.29 is 23.9 Å². The van der Waals surface area contributed by atoms with Crippen molar-refractivity contribution in [1.29, 1.82) is 0 Å². The lowest BCUT2D eigenvalue weighted by Crippen LogP contribution is -2.45. The van der Waals surface area contributed by atoms with E-state index in [1.807, 2.05) is 6.07 Å². The number of ether oxygens (including phenoxy) is 2. The maximum absolute atomic E-state index is 11.9. The highest BCUT2D eigenvalue weighted by atomic mass is 16.6. The van der Waals surface area contributed by atoms with Crippen molar-refractivity contribution in [3.63, 3.8) is 0 Å². The van der Waals surface area contributed by atoms with Crippen LogP contribution in [0.2, 0.25) is 0 Å². The van der Waals surface area contributed by atoms with Gasteiger partial charge >= 0.3 is 12.1 Å². The van der Waals surface area contributed by atoms with Crippen LogP contribution in [0.5, 0.6) is 0 Å². The lowest BCUT2D eigenvalue weighted by atomic mass is 10.0. The number of hydrogen-bond acceptors (Lipinski definition) is 5. The number of rotatable bonds is 4. The number of benzene rings is 1. The number of nitrogens with one attached hydrogen (secondary N) is 2. The van der Waals surface area contributed by atoms with Gasteiger partial charge < -0.3 is 20.1 Å². The molecule has 0 saturated heterocycles. The molecule has 1 aliphatic heterocycles. The summed E-state index contributed by atoms with van der Waals surface area (Å²) in [7, 11) is 1.26. The Hall–Kier alpha value is -2.57. The molecule has 0 saturated carbocycles. The highest BCUT2D eigenvalue weighted by Crippen LogP contribution is 2.18. The summed E-state index contributed by atoms with van der Waals surface area (Å²) in [5.41, 5.74) is 1.66. The fourth-order valence-electron chi connectivity index (χ4n) is 2.43. The largest absolute Gasteiger partial charge is 0.467 e. The van der Waals surface area contributed by atoms with E-state index < -0.39 is 23.7 Å². The molecule has 7 nitrogen and oxygen atoms in total. The molecule has 2 amide bonds. The Balaban J connectivity index is 2.10. The van der Waals surface area contributed by atoms with Crippen molar-refractivity contribution >= 4 is 18.0 Å². The van der Waals surface area contributed by atoms with E-state index in [1.165, 1.54) is 7.11 Å². The molecule has 130 valence electrons. The Morgan fingerprint density at radius 3 is 2.67 bits per heavy atom. The fraction of sp³-hybridized carbons (Fsp3) is 0.471. The van der Waals surface area contributed by atoms with Gasteiger partial charge in [-0.1, -0.05) is 12.1 Å². The SMILES string of the molecule is COC(=O)[C@H](Cc1ccc2c(c1)CNC2=O)NC(=O)OC(C)(C)C. The van der Waals surface area contributed by atoms with Gasteiger partial charge in [-0.25, -0.2) is 9.59 Å². The van der Waals surface area contributed by atoms with E-state index in [0.29, 0.717) is 12.1 Å². The van der Waals surface area contributed by atoms with E-state index in [1.54, 1.807) is 32.9 Å². The Morgan fingerprint density at radius 1 is 1.33 bits per heavy atom. The number of methoxy groups -OCH3 is 1. The van der Waals surface area contributed by atoms with Crippen LogP contribution in [0.3, 0.4) is 0 Å². The molecule has 1 aliphatic rings. The van der Waals surface area contributed by atoms with Crippen LogP contribution in [0.1, 0.15) is 42.3 Å². The maximum Gasteiger partial charge on any atom is 0.408 e. The van der Waals surface area contributed by atoms with Crippen molar-refractivity contribution in [3.8, 4) is 0 Å². The first-order chi connectivity index (χ1) is 11.2. The zero-order valence-corrected chi connectivity index (χ0v) is 14.3. The molecule has 0 fully saturated rings. The van der Waals surface area contributed by atoms with E-state index in [0.717, 1.165) is 11.1 Å². The van der Waals surface area contributed by atoms with Crippen LogP contribution >= 0.6 is 0 Å². The molecule has 1 atom stereocenters. The Morgan fingerprint density at radius 2 is 2.04 bits per heavy atom. The molecule has 2 N–H and O–H groups in total. The van der Waals surface area contributed by atoms with Gasteiger partial charge in [0.2, 0.25) is 0 Å². The molecular formula is C17H22N2O5. The van der Waals surface area contributed by atoms with E-state index in [9.17, 15) is 14.4 Å². The average molecular weight is 334 g/mol. The van der Waals surface area contributed by atoms with Gasteiger partial charge in [-0.3, -0.25) is 4.79 Å². The Bertz CT molecular complexity index is 663. The van der Waals surface area contributed by atoms with Crippen LogP contribution in [0.25, 0.3) is 0 Å². The lowest BCUT2D eigenvalue weighted by Gasteiger charge is -2.22. The third-order valence-corrected chi connectivity index (χ3v) is 3.47. The van der Waals surface area contributed by atoms with Crippen LogP contribution in [0, 0.1) is 0 Å². The van der Waals surface area contributed by atoms with E-state index in [4.69, 9.17) is 9.47 Å². The minimum Gasteiger partial charge on any atom is -0.467 e. The van der Waals surface area contributed by atoms with E-state index in [2.05, 4.69) is 10.6 Å². The second-order valence-corrected chi connectivity index (χ2v) is 6.60. The molecule has 2 rings (SSSR count). The molecule has 0 unspecified atom stereocenters. The number of carbonyl (C=O) groups is 3. The molecule has 1 heterocycles. The van der Waals surface area contributed by atoms with Gasteiger partial charge in [0.25, 0.3) is 5.91 Å². The van der Waals surface area contributed by atoms with Gasteiger partial charge in [0.15, 0.2) is 0 Å². The summed E-state index contributed by atoms with van der Waals surface area (Å²) in [5, 5.41) is 5.27. The van der Waals surface area contributed by atoms with Gasteiger partial charge in [-0.15, -0.1) is 0 Å². The minimum absolute atomic E-state index is 0.104. The summed E-state index contributed by atoms with van der Waals surface area (Å²) >= 11 is 0. The van der Waals surface area contributed by atoms with E-state index >= 15 is 0 Å². The molecule has 0 aromatic heterocycles. The third kappa shape index (κ3) is 4.47. The van der Waals surface area contributed by atoms with Crippen molar-refractivity contribution in [2.24, 2.45) is 0 Å². The van der Waals surface area contributed by atoms with Gasteiger partial charge in [0.1, 0.15) is 11.6 Å². The first-order valence-corrected chi connectivity index (χ1v) is 7.67. The van der Waals surface area contributed by atoms with Gasteiger partial charge in [0.05, 0.1) is 7.11 Å². The van der Waals surface area contributed by atoms with Crippen molar-refractivity contribution in [2.75, 3.05) is 7.11 Å². The zero-order chi connectivity index (χ0) is 17.9. The predicted octanol–water partition coefficient (Wildman–Crippen LogP) is 1.54. The minimum atomic E-state index is -0.868. The summed E-state index contributed by atoms with van der Waals surface area (Å²) in [5.74, 6) is -0.663. The summed E-state index contributed by atoms with van der Waals surface area (Å²) in [6, 6.07) is 4.46. The molecule has 1 aromatic rings. The summed E-state index contributed by atoms with van der Waals surface area (Å²) in [6.07, 6.45) is -0.441. The summed E-state index contributed by atoms with van der Waals surface area (Å²) in [4.78, 5) is 35.4. The molecule has 1 aromatic carbocycles. The molecule has 0 bridgehead atoms. The number of alkyl carbamates (subject to hydrolysis) is 1. The highest BCUT2D eigenvalue weighted by Gasteiger charge is 2.26. The summed E-state index contributed by atoms with van der Waals surface area (Å²) in [6.45, 7) is 5.68. The number of amides is 2. The maximum atomic E-state index is 11.9. The van der Waals surface area contributed by atoms with E-state index in [-0.39, 0.29) is 12.3 Å². The first kappa shape index (κ1) is 17.8. The number of hydrogen-bond donors (Lipinski definition) is 2. The molecule has 0 aliphatic carbocycles. The first-order valence-electron chi connectivity index (χ1n) is 7.67. The standard InChI is InChI=1S/C17H22N2O5/c1-17(2,3)24-16(22)19-13(15(21)23-4)8-10-5-6-12-11(7-10)9-18-14(12)20/h5-7,13H,8-9H2,1-4H3,(H,18,20)(H,19,22)/t13-/m0/s1. The van der Waals surface area contributed by atoms with Crippen LogP contribution in [-0.4, -0.2) is 36.7 Å². The Labute approximate surface area is 140 Å². The second-order valence-electron chi connectivity index (χ2n) is 6.60. The molecule has 0 spiro atoms. The highest BCUT2D eigenvalue weighted by molar-refractivity contribution is 5.98. The van der Waals surface area contributed by atoms with Crippen LogP contribution in [-0.2, 0) is 27.2 Å². The number of carbonyl (C=O) groups excluding carboxylic acids is 3. The topological polar surface area (TPSA) is 93.7 Å². The Kier molecular flexibility index (Phi) is 5.11. The van der Waals surface area contributed by atoms with Crippen molar-refractivity contribution in [1.82, 2.24) is 10.6 Å². The molecule has 7 heteroatoms.